The van der Waals surface area contributed by atoms with Crippen LogP contribution in [-0.4, -0.2) is 40.1 Å². The van der Waals surface area contributed by atoms with Crippen LogP contribution in [0, 0.1) is 0 Å². The van der Waals surface area contributed by atoms with Crippen LogP contribution in [0.5, 0.6) is 0 Å². The van der Waals surface area contributed by atoms with Gasteiger partial charge in [-0.2, -0.15) is 28.5 Å². The molecule has 9 nitrogen and oxygen atoms in total. The lowest BCUT2D eigenvalue weighted by atomic mass is 10.0. The van der Waals surface area contributed by atoms with Crippen molar-refractivity contribution >= 4 is 17.2 Å². The Morgan fingerprint density at radius 3 is 2.42 bits per heavy atom. The van der Waals surface area contributed by atoms with Gasteiger partial charge in [0.1, 0.15) is 0 Å². The molecule has 0 radical (unpaired) electrons. The summed E-state index contributed by atoms with van der Waals surface area (Å²) in [6, 6.07) is 9.39. The Kier molecular flexibility index (Phi) is 6.47. The van der Waals surface area contributed by atoms with E-state index in [1.54, 1.807) is 33.9 Å². The summed E-state index contributed by atoms with van der Waals surface area (Å²) in [5.41, 5.74) is 1.74. The number of nitrogens with one attached hydrogen (secondary N) is 1. The number of halogens is 3. The van der Waals surface area contributed by atoms with Gasteiger partial charge in [-0.1, -0.05) is 38.1 Å². The van der Waals surface area contributed by atoms with Crippen molar-refractivity contribution in [2.75, 3.05) is 5.32 Å². The van der Waals surface area contributed by atoms with Crippen LogP contribution in [0.1, 0.15) is 54.0 Å². The molecule has 1 amide bonds. The fourth-order valence-electron chi connectivity index (χ4n) is 4.03. The van der Waals surface area contributed by atoms with Crippen molar-refractivity contribution in [3.63, 3.8) is 0 Å². The van der Waals surface area contributed by atoms with Crippen LogP contribution in [0.3, 0.4) is 0 Å². The molecule has 0 bridgehead atoms. The average molecular weight is 523 g/mol. The smallest absolute Gasteiger partial charge is 0.318 e. The first-order valence-electron chi connectivity index (χ1n) is 12.0. The molecule has 1 aromatic carbocycles. The molecular formula is C26H25F3N8O. The van der Waals surface area contributed by atoms with E-state index in [0.717, 1.165) is 23.7 Å². The van der Waals surface area contributed by atoms with Gasteiger partial charge >= 0.3 is 6.18 Å². The number of nitrogens with zero attached hydrogens (tertiary/aromatic N) is 7. The number of alkyl halides is 3. The lowest BCUT2D eigenvalue weighted by Gasteiger charge is -2.11. The highest BCUT2D eigenvalue weighted by Gasteiger charge is 2.35. The Balaban J connectivity index is 1.41. The number of carbonyl (C=O) groups excluding carboxylic acids is 1. The molecule has 5 aromatic rings. The van der Waals surface area contributed by atoms with Crippen LogP contribution < -0.4 is 5.32 Å². The zero-order valence-electron chi connectivity index (χ0n) is 20.9. The van der Waals surface area contributed by atoms with Crippen molar-refractivity contribution in [1.29, 1.82) is 0 Å². The summed E-state index contributed by atoms with van der Waals surface area (Å²) >= 11 is 0. The molecule has 0 aliphatic carbocycles. The maximum absolute atomic E-state index is 13.9. The molecule has 0 fully saturated rings. The van der Waals surface area contributed by atoms with E-state index in [4.69, 9.17) is 0 Å². The zero-order valence-corrected chi connectivity index (χ0v) is 20.9. The fourth-order valence-corrected chi connectivity index (χ4v) is 4.03. The molecule has 0 saturated carbocycles. The molecule has 12 heteroatoms. The van der Waals surface area contributed by atoms with E-state index >= 15 is 0 Å². The van der Waals surface area contributed by atoms with Gasteiger partial charge in [-0.25, -0.2) is 9.50 Å². The quantitative estimate of drug-likeness (QED) is 0.315. The number of hydrogen-bond donors (Lipinski definition) is 1. The summed E-state index contributed by atoms with van der Waals surface area (Å²) in [5, 5.41) is 15.0. The van der Waals surface area contributed by atoms with E-state index in [9.17, 15) is 18.0 Å². The van der Waals surface area contributed by atoms with Crippen molar-refractivity contribution in [3.05, 3.63) is 83.7 Å². The van der Waals surface area contributed by atoms with Crippen LogP contribution in [0.25, 0.3) is 16.9 Å². The Labute approximate surface area is 215 Å². The van der Waals surface area contributed by atoms with E-state index < -0.39 is 17.8 Å². The first kappa shape index (κ1) is 25.2. The Bertz CT molecular complexity index is 1600. The molecule has 4 aromatic heterocycles. The summed E-state index contributed by atoms with van der Waals surface area (Å²) in [6.45, 7) is 7.25. The van der Waals surface area contributed by atoms with Crippen molar-refractivity contribution in [1.82, 2.24) is 34.2 Å². The highest BCUT2D eigenvalue weighted by atomic mass is 19.4. The van der Waals surface area contributed by atoms with Crippen molar-refractivity contribution < 1.29 is 18.0 Å². The molecule has 0 spiro atoms. The second kappa shape index (κ2) is 9.77. The fraction of sp³-hybridized carbons (Fsp3) is 0.269. The standard InChI is InChI=1S/C26H25F3N8O/c1-4-35-13-17(11-30-35)14-36-15-20(12-31-36)32-25(38)22-10-24-33-21(9-23(26(27,28)29)37(24)34-22)19-7-5-18(6-8-19)16(2)3/h5-13,15-16H,4,14H2,1-3H3,(H,32,38). The van der Waals surface area contributed by atoms with E-state index in [1.165, 1.54) is 12.3 Å². The van der Waals surface area contributed by atoms with Crippen LogP contribution in [0.2, 0.25) is 0 Å². The SMILES string of the molecule is CCn1cc(Cn2cc(NC(=O)c3cc4nc(-c5ccc(C(C)C)cc5)cc(C(F)(F)F)n4n3)cn2)cn1. The van der Waals surface area contributed by atoms with Gasteiger partial charge in [0.2, 0.25) is 0 Å². The molecule has 1 N–H and O–H groups in total. The molecule has 0 unspecified atom stereocenters. The van der Waals surface area contributed by atoms with Gasteiger partial charge < -0.3 is 5.32 Å². The molecule has 0 aliphatic heterocycles. The Morgan fingerprint density at radius 1 is 1.03 bits per heavy atom. The van der Waals surface area contributed by atoms with E-state index in [1.807, 2.05) is 39.1 Å². The Morgan fingerprint density at radius 2 is 1.76 bits per heavy atom. The molecular weight excluding hydrogens is 497 g/mol. The summed E-state index contributed by atoms with van der Waals surface area (Å²) in [5.74, 6) is -0.391. The number of fused-ring (bicyclic) bond motifs is 1. The number of rotatable bonds is 7. The third-order valence-electron chi connectivity index (χ3n) is 6.07. The maximum Gasteiger partial charge on any atom is 0.433 e. The lowest BCUT2D eigenvalue weighted by Crippen LogP contribution is -2.15. The predicted octanol–water partition coefficient (Wildman–Crippen LogP) is 5.25. The van der Waals surface area contributed by atoms with Crippen molar-refractivity contribution in [3.8, 4) is 11.3 Å². The van der Waals surface area contributed by atoms with Gasteiger partial charge in [0.05, 0.1) is 30.3 Å². The molecule has 0 aliphatic rings. The molecule has 4 heterocycles. The maximum atomic E-state index is 13.9. The number of anilines is 1. The molecule has 0 atom stereocenters. The molecule has 38 heavy (non-hydrogen) atoms. The molecule has 0 saturated heterocycles. The summed E-state index contributed by atoms with van der Waals surface area (Å²) < 4.78 is 45.9. The van der Waals surface area contributed by atoms with E-state index in [0.29, 0.717) is 22.3 Å². The van der Waals surface area contributed by atoms with Crippen molar-refractivity contribution in [2.45, 2.75) is 46.0 Å². The summed E-state index contributed by atoms with van der Waals surface area (Å²) in [6.07, 6.45) is 2.00. The summed E-state index contributed by atoms with van der Waals surface area (Å²) in [7, 11) is 0. The van der Waals surface area contributed by atoms with E-state index in [-0.39, 0.29) is 23.0 Å². The number of carbonyl (C=O) groups is 1. The lowest BCUT2D eigenvalue weighted by molar-refractivity contribution is -0.142. The first-order chi connectivity index (χ1) is 18.1. The van der Waals surface area contributed by atoms with Crippen LogP contribution in [0.4, 0.5) is 18.9 Å². The van der Waals surface area contributed by atoms with Crippen molar-refractivity contribution in [2.24, 2.45) is 0 Å². The number of amides is 1. The number of aromatic nitrogens is 7. The van der Waals surface area contributed by atoms with Gasteiger partial charge in [0.25, 0.3) is 5.91 Å². The third-order valence-corrected chi connectivity index (χ3v) is 6.07. The van der Waals surface area contributed by atoms with Gasteiger partial charge in [-0.3, -0.25) is 14.2 Å². The summed E-state index contributed by atoms with van der Waals surface area (Å²) in [4.78, 5) is 17.2. The van der Waals surface area contributed by atoms with Gasteiger partial charge in [0.15, 0.2) is 17.0 Å². The van der Waals surface area contributed by atoms with Crippen LogP contribution in [-0.2, 0) is 19.3 Å². The largest absolute Gasteiger partial charge is 0.433 e. The van der Waals surface area contributed by atoms with Gasteiger partial charge in [-0.05, 0) is 24.5 Å². The Hall–Kier alpha value is -4.48. The average Bonchev–Trinajstić information content (AvgIpc) is 3.62. The monoisotopic (exact) mass is 522 g/mol. The van der Waals surface area contributed by atoms with Crippen LogP contribution >= 0.6 is 0 Å². The highest BCUT2D eigenvalue weighted by Crippen LogP contribution is 2.32. The molecule has 5 rings (SSSR count). The minimum Gasteiger partial charge on any atom is -0.318 e. The highest BCUT2D eigenvalue weighted by molar-refractivity contribution is 6.03. The zero-order chi connectivity index (χ0) is 27.0. The topological polar surface area (TPSA) is 94.9 Å². The number of benzene rings is 1. The van der Waals surface area contributed by atoms with E-state index in [2.05, 4.69) is 25.6 Å². The minimum atomic E-state index is -4.71. The second-order valence-electron chi connectivity index (χ2n) is 9.19. The normalized spacial score (nSPS) is 12.0. The molecule has 196 valence electrons. The first-order valence-corrected chi connectivity index (χ1v) is 12.0. The van der Waals surface area contributed by atoms with Gasteiger partial charge in [-0.15, -0.1) is 0 Å². The second-order valence-corrected chi connectivity index (χ2v) is 9.19. The predicted molar refractivity (Wildman–Crippen MR) is 135 cm³/mol. The number of aryl methyl sites for hydroxylation is 1. The van der Waals surface area contributed by atoms with Gasteiger partial charge in [0, 0.05) is 36.1 Å². The minimum absolute atomic E-state index is 0.0865. The van der Waals surface area contributed by atoms with Crippen LogP contribution in [0.15, 0.2) is 61.2 Å². The number of hydrogen-bond acceptors (Lipinski definition) is 5. The third kappa shape index (κ3) is 5.15.